The number of benzene rings is 3. The van der Waals surface area contributed by atoms with Crippen molar-refractivity contribution in [3.8, 4) is 5.75 Å². The van der Waals surface area contributed by atoms with Crippen LogP contribution in [-0.4, -0.2) is 27.5 Å². The van der Waals surface area contributed by atoms with E-state index in [-0.39, 0.29) is 18.5 Å². The number of amides is 1. The molecular weight excluding hydrogens is 364 g/mol. The molecule has 146 valence electrons. The summed E-state index contributed by atoms with van der Waals surface area (Å²) in [5.74, 6) is 0.673. The number of nitrogens with one attached hydrogen (secondary N) is 1. The van der Waals surface area contributed by atoms with Gasteiger partial charge in [-0.1, -0.05) is 59.8 Å². The summed E-state index contributed by atoms with van der Waals surface area (Å²) in [5.41, 5.74) is 3.59. The minimum Gasteiger partial charge on any atom is -0.494 e. The second kappa shape index (κ2) is 8.56. The van der Waals surface area contributed by atoms with Crippen LogP contribution in [0.2, 0.25) is 0 Å². The van der Waals surface area contributed by atoms with Crippen LogP contribution in [0.1, 0.15) is 24.1 Å². The van der Waals surface area contributed by atoms with Gasteiger partial charge in [-0.15, -0.1) is 5.10 Å². The molecule has 1 N–H and O–H groups in total. The lowest BCUT2D eigenvalue weighted by Crippen LogP contribution is -2.32. The highest BCUT2D eigenvalue weighted by Crippen LogP contribution is 2.24. The summed E-state index contributed by atoms with van der Waals surface area (Å²) in [6, 6.07) is 25.0. The van der Waals surface area contributed by atoms with Gasteiger partial charge in [0.15, 0.2) is 0 Å². The number of rotatable bonds is 7. The summed E-state index contributed by atoms with van der Waals surface area (Å²) in [7, 11) is 0. The number of hydrogen-bond donors (Lipinski definition) is 1. The quantitative estimate of drug-likeness (QED) is 0.525. The minimum atomic E-state index is -0.269. The van der Waals surface area contributed by atoms with Crippen LogP contribution >= 0.6 is 0 Å². The summed E-state index contributed by atoms with van der Waals surface area (Å²) in [5, 5.41) is 11.4. The van der Waals surface area contributed by atoms with Crippen molar-refractivity contribution in [3.63, 3.8) is 0 Å². The topological polar surface area (TPSA) is 69.0 Å². The fourth-order valence-corrected chi connectivity index (χ4v) is 3.30. The zero-order chi connectivity index (χ0) is 20.1. The highest BCUT2D eigenvalue weighted by atomic mass is 16.5. The molecule has 29 heavy (non-hydrogen) atoms. The number of ether oxygens (including phenoxy) is 1. The van der Waals surface area contributed by atoms with E-state index in [1.54, 1.807) is 4.68 Å². The molecule has 1 aromatic heterocycles. The molecule has 0 fully saturated rings. The fourth-order valence-electron chi connectivity index (χ4n) is 3.30. The minimum absolute atomic E-state index is 0.0981. The molecule has 4 aromatic rings. The Balaban J connectivity index is 1.57. The van der Waals surface area contributed by atoms with E-state index in [2.05, 4.69) is 15.6 Å². The lowest BCUT2D eigenvalue weighted by atomic mass is 9.98. The van der Waals surface area contributed by atoms with Crippen LogP contribution in [0.5, 0.6) is 5.75 Å². The number of aromatic nitrogens is 3. The van der Waals surface area contributed by atoms with Gasteiger partial charge in [-0.2, -0.15) is 0 Å². The number of para-hydroxylation sites is 1. The SMILES string of the molecule is CCOc1ccc(C(NC(=O)Cn2nnc3ccccc32)c2ccccc2)cc1. The maximum atomic E-state index is 12.9. The van der Waals surface area contributed by atoms with Crippen molar-refractivity contribution in [1.29, 1.82) is 0 Å². The molecule has 6 heteroatoms. The molecule has 1 heterocycles. The van der Waals surface area contributed by atoms with E-state index in [0.29, 0.717) is 6.61 Å². The van der Waals surface area contributed by atoms with Crippen molar-refractivity contribution in [3.05, 3.63) is 90.0 Å². The molecule has 6 nitrogen and oxygen atoms in total. The molecule has 0 aliphatic rings. The number of nitrogens with zero attached hydrogens (tertiary/aromatic N) is 3. The largest absolute Gasteiger partial charge is 0.494 e. The monoisotopic (exact) mass is 386 g/mol. The van der Waals surface area contributed by atoms with Crippen LogP contribution in [0, 0.1) is 0 Å². The Hall–Kier alpha value is -3.67. The van der Waals surface area contributed by atoms with Crippen molar-refractivity contribution >= 4 is 16.9 Å². The van der Waals surface area contributed by atoms with E-state index in [1.165, 1.54) is 0 Å². The van der Waals surface area contributed by atoms with Gasteiger partial charge in [0, 0.05) is 0 Å². The third-order valence-electron chi connectivity index (χ3n) is 4.68. The Kier molecular flexibility index (Phi) is 5.52. The van der Waals surface area contributed by atoms with E-state index >= 15 is 0 Å². The number of hydrogen-bond acceptors (Lipinski definition) is 4. The Bertz CT molecular complexity index is 1090. The van der Waals surface area contributed by atoms with Crippen LogP contribution in [0.3, 0.4) is 0 Å². The predicted octanol–water partition coefficient (Wildman–Crippen LogP) is 3.74. The highest BCUT2D eigenvalue weighted by molar-refractivity contribution is 5.80. The molecule has 0 aliphatic heterocycles. The molecule has 0 spiro atoms. The van der Waals surface area contributed by atoms with Crippen LogP contribution in [0.15, 0.2) is 78.9 Å². The van der Waals surface area contributed by atoms with Gasteiger partial charge in [0.25, 0.3) is 0 Å². The smallest absolute Gasteiger partial charge is 0.242 e. The first-order valence-electron chi connectivity index (χ1n) is 9.60. The van der Waals surface area contributed by atoms with E-state index in [9.17, 15) is 4.79 Å². The molecule has 0 saturated carbocycles. The lowest BCUT2D eigenvalue weighted by molar-refractivity contribution is -0.122. The molecule has 3 aromatic carbocycles. The molecule has 0 aliphatic carbocycles. The number of carbonyl (C=O) groups is 1. The van der Waals surface area contributed by atoms with Gasteiger partial charge in [-0.25, -0.2) is 4.68 Å². The maximum absolute atomic E-state index is 12.9. The average Bonchev–Trinajstić information content (AvgIpc) is 3.16. The van der Waals surface area contributed by atoms with E-state index in [1.807, 2.05) is 85.8 Å². The van der Waals surface area contributed by atoms with Crippen molar-refractivity contribution in [2.75, 3.05) is 6.61 Å². The molecular formula is C23H22N4O2. The Morgan fingerprint density at radius 2 is 1.66 bits per heavy atom. The Labute approximate surface area is 169 Å². The first-order chi connectivity index (χ1) is 14.2. The third kappa shape index (κ3) is 4.27. The summed E-state index contributed by atoms with van der Waals surface area (Å²) < 4.78 is 7.15. The van der Waals surface area contributed by atoms with Gasteiger partial charge in [-0.3, -0.25) is 4.79 Å². The van der Waals surface area contributed by atoms with Crippen molar-refractivity contribution < 1.29 is 9.53 Å². The van der Waals surface area contributed by atoms with Crippen molar-refractivity contribution in [2.45, 2.75) is 19.5 Å². The third-order valence-corrected chi connectivity index (χ3v) is 4.68. The number of carbonyl (C=O) groups excluding carboxylic acids is 1. The summed E-state index contributed by atoms with van der Waals surface area (Å²) in [4.78, 5) is 12.9. The lowest BCUT2D eigenvalue weighted by Gasteiger charge is -2.20. The van der Waals surface area contributed by atoms with Gasteiger partial charge in [-0.05, 0) is 42.3 Å². The molecule has 0 saturated heterocycles. The number of fused-ring (bicyclic) bond motifs is 1. The van der Waals surface area contributed by atoms with E-state index < -0.39 is 0 Å². The van der Waals surface area contributed by atoms with Crippen LogP contribution < -0.4 is 10.1 Å². The van der Waals surface area contributed by atoms with Gasteiger partial charge >= 0.3 is 0 Å². The Morgan fingerprint density at radius 3 is 2.41 bits per heavy atom. The zero-order valence-electron chi connectivity index (χ0n) is 16.2. The molecule has 4 rings (SSSR count). The molecule has 0 bridgehead atoms. The first kappa shape index (κ1) is 18.7. The zero-order valence-corrected chi connectivity index (χ0v) is 16.2. The second-order valence-corrected chi connectivity index (χ2v) is 6.65. The van der Waals surface area contributed by atoms with Gasteiger partial charge in [0.1, 0.15) is 17.8 Å². The predicted molar refractivity (Wildman–Crippen MR) is 112 cm³/mol. The summed E-state index contributed by atoms with van der Waals surface area (Å²) in [6.45, 7) is 2.67. The van der Waals surface area contributed by atoms with E-state index in [4.69, 9.17) is 4.74 Å². The Morgan fingerprint density at radius 1 is 0.966 bits per heavy atom. The fraction of sp³-hybridized carbons (Fsp3) is 0.174. The average molecular weight is 386 g/mol. The summed E-state index contributed by atoms with van der Waals surface area (Å²) >= 11 is 0. The second-order valence-electron chi connectivity index (χ2n) is 6.65. The molecule has 0 radical (unpaired) electrons. The van der Waals surface area contributed by atoms with Crippen LogP contribution in [-0.2, 0) is 11.3 Å². The van der Waals surface area contributed by atoms with Gasteiger partial charge < -0.3 is 10.1 Å². The van der Waals surface area contributed by atoms with Gasteiger partial charge in [0.05, 0.1) is 18.2 Å². The summed E-state index contributed by atoms with van der Waals surface area (Å²) in [6.07, 6.45) is 0. The first-order valence-corrected chi connectivity index (χ1v) is 9.60. The van der Waals surface area contributed by atoms with Crippen molar-refractivity contribution in [2.24, 2.45) is 0 Å². The molecule has 1 atom stereocenters. The highest BCUT2D eigenvalue weighted by Gasteiger charge is 2.18. The maximum Gasteiger partial charge on any atom is 0.242 e. The van der Waals surface area contributed by atoms with Crippen molar-refractivity contribution in [1.82, 2.24) is 20.3 Å². The van der Waals surface area contributed by atoms with Crippen LogP contribution in [0.4, 0.5) is 0 Å². The molecule has 1 unspecified atom stereocenters. The van der Waals surface area contributed by atoms with Crippen LogP contribution in [0.25, 0.3) is 11.0 Å². The molecule has 1 amide bonds. The van der Waals surface area contributed by atoms with Gasteiger partial charge in [0.2, 0.25) is 5.91 Å². The standard InChI is InChI=1S/C23H22N4O2/c1-2-29-19-14-12-18(13-15-19)23(17-8-4-3-5-9-17)24-22(28)16-27-21-11-7-6-10-20(21)25-26-27/h3-15,23H,2,16H2,1H3,(H,24,28). The normalized spacial score (nSPS) is 11.9. The van der Waals surface area contributed by atoms with E-state index in [0.717, 1.165) is 27.9 Å².